The van der Waals surface area contributed by atoms with E-state index in [-0.39, 0.29) is 0 Å². The Kier molecular flexibility index (Phi) is 5.98. The average molecular weight is 650 g/mol. The summed E-state index contributed by atoms with van der Waals surface area (Å²) in [5, 5.41) is 9.87. The highest BCUT2D eigenvalue weighted by atomic mass is 32.1. The van der Waals surface area contributed by atoms with Gasteiger partial charge < -0.3 is 0 Å². The molecule has 0 atom stereocenters. The normalized spacial score (nSPS) is 12.3. The number of aromatic nitrogens is 3. The summed E-state index contributed by atoms with van der Waals surface area (Å²) in [6.07, 6.45) is 6.11. The van der Waals surface area contributed by atoms with E-state index in [9.17, 15) is 0 Å². The van der Waals surface area contributed by atoms with Gasteiger partial charge in [0, 0.05) is 47.8 Å². The largest absolute Gasteiger partial charge is 0.295 e. The van der Waals surface area contributed by atoms with Gasteiger partial charge in [0.25, 0.3) is 0 Å². The molecule has 4 aromatic heterocycles. The van der Waals surface area contributed by atoms with E-state index in [1.807, 2.05) is 23.5 Å². The molecule has 0 aliphatic carbocycles. The van der Waals surface area contributed by atoms with Gasteiger partial charge in [0.2, 0.25) is 0 Å². The zero-order valence-corrected chi connectivity index (χ0v) is 27.7. The minimum Gasteiger partial charge on any atom is -0.295 e. The van der Waals surface area contributed by atoms with Crippen LogP contribution in [0, 0.1) is 6.92 Å². The third kappa shape index (κ3) is 3.86. The minimum absolute atomic E-state index is 0.726. The Morgan fingerprint density at radius 2 is 1.29 bits per heavy atom. The number of benzene rings is 6. The van der Waals surface area contributed by atoms with Crippen LogP contribution < -0.4 is 0 Å². The van der Waals surface area contributed by atoms with Crippen molar-refractivity contribution >= 4 is 102 Å². The van der Waals surface area contributed by atoms with Gasteiger partial charge in [0.05, 0.1) is 20.4 Å². The summed E-state index contributed by atoms with van der Waals surface area (Å²) in [7, 11) is 0. The van der Waals surface area contributed by atoms with Gasteiger partial charge in [-0.3, -0.25) is 4.57 Å². The van der Waals surface area contributed by atoms with Gasteiger partial charge in [-0.2, -0.15) is 0 Å². The molecular formula is C43H27N3S2. The summed E-state index contributed by atoms with van der Waals surface area (Å²) in [5.41, 5.74) is 5.50. The Bertz CT molecular complexity index is 2990. The molecule has 6 aromatic carbocycles. The fraction of sp³-hybridized carbons (Fsp3) is 0.0233. The lowest BCUT2D eigenvalue weighted by atomic mass is 9.98. The van der Waals surface area contributed by atoms with Crippen LogP contribution in [0.2, 0.25) is 0 Å². The predicted octanol–water partition coefficient (Wildman–Crippen LogP) is 12.6. The van der Waals surface area contributed by atoms with Crippen LogP contribution in [0.3, 0.4) is 0 Å². The summed E-state index contributed by atoms with van der Waals surface area (Å²) < 4.78 is 7.27. The highest BCUT2D eigenvalue weighted by Gasteiger charge is 2.26. The average Bonchev–Trinajstić information content (AvgIpc) is 3.80. The highest BCUT2D eigenvalue weighted by molar-refractivity contribution is 7.27. The maximum Gasteiger partial charge on any atom is 0.162 e. The molecule has 0 amide bonds. The van der Waals surface area contributed by atoms with Crippen LogP contribution in [-0.4, -0.2) is 14.5 Å². The number of fused-ring (bicyclic) bond motifs is 12. The number of nitrogens with zero attached hydrogens (tertiary/aromatic N) is 3. The van der Waals surface area contributed by atoms with Gasteiger partial charge in [0.15, 0.2) is 11.6 Å². The Morgan fingerprint density at radius 1 is 0.646 bits per heavy atom. The van der Waals surface area contributed by atoms with Crippen LogP contribution in [0.4, 0.5) is 0 Å². The fourth-order valence-corrected chi connectivity index (χ4v) is 9.79. The Balaban J connectivity index is 1.42. The Hall–Kier alpha value is -5.62. The van der Waals surface area contributed by atoms with E-state index in [0.717, 1.165) is 38.5 Å². The molecule has 0 fully saturated rings. The summed E-state index contributed by atoms with van der Waals surface area (Å²) >= 11 is 3.64. The van der Waals surface area contributed by atoms with E-state index in [0.29, 0.717) is 0 Å². The lowest BCUT2D eigenvalue weighted by Crippen LogP contribution is -2.03. The van der Waals surface area contributed by atoms with Crippen LogP contribution in [0.25, 0.3) is 96.2 Å². The molecule has 10 aromatic rings. The van der Waals surface area contributed by atoms with E-state index < -0.39 is 0 Å². The third-order valence-corrected chi connectivity index (χ3v) is 11.9. The molecular weight excluding hydrogens is 623 g/mol. The second-order valence-corrected chi connectivity index (χ2v) is 14.3. The van der Waals surface area contributed by atoms with E-state index in [1.165, 1.54) is 62.9 Å². The molecule has 0 spiro atoms. The first-order valence-electron chi connectivity index (χ1n) is 16.0. The van der Waals surface area contributed by atoms with Gasteiger partial charge in [0.1, 0.15) is 0 Å². The van der Waals surface area contributed by atoms with E-state index in [4.69, 9.17) is 9.97 Å². The van der Waals surface area contributed by atoms with Crippen molar-refractivity contribution in [2.24, 2.45) is 0 Å². The number of hydrogen-bond acceptors (Lipinski definition) is 4. The topological polar surface area (TPSA) is 30.7 Å². The van der Waals surface area contributed by atoms with Crippen molar-refractivity contribution < 1.29 is 0 Å². The lowest BCUT2D eigenvalue weighted by Gasteiger charge is -2.13. The molecule has 4 heterocycles. The van der Waals surface area contributed by atoms with Crippen LogP contribution in [-0.2, 0) is 0 Å². The summed E-state index contributed by atoms with van der Waals surface area (Å²) in [4.78, 5) is 10.8. The molecule has 0 saturated carbocycles. The number of thiophene rings is 2. The molecule has 226 valence electrons. The van der Waals surface area contributed by atoms with Crippen molar-refractivity contribution in [2.75, 3.05) is 0 Å². The first-order valence-corrected chi connectivity index (χ1v) is 17.7. The molecule has 5 heteroatoms. The standard InChI is InChI=1S/C43H27N3S2/c1-3-4-15-29-25(2)46(39-36(29)30-16-7-8-17-31(30)37-32-18-9-11-20-34(32)47-40(37)39)43-41-38(33-19-10-12-21-35(33)48-41)44-42(45-43)28-23-22-26-13-5-6-14-27(26)24-28/h3-24H,1H2,2H3/b15-4-. The number of hydrogen-bond donors (Lipinski definition) is 0. The van der Waals surface area contributed by atoms with Gasteiger partial charge in [-0.1, -0.05) is 122 Å². The van der Waals surface area contributed by atoms with Crippen LogP contribution >= 0.6 is 22.7 Å². The molecule has 10 rings (SSSR count). The summed E-state index contributed by atoms with van der Waals surface area (Å²) in [5.74, 6) is 1.64. The van der Waals surface area contributed by atoms with Gasteiger partial charge in [-0.25, -0.2) is 9.97 Å². The lowest BCUT2D eigenvalue weighted by molar-refractivity contribution is 1.00. The molecule has 3 nitrogen and oxygen atoms in total. The van der Waals surface area contributed by atoms with E-state index >= 15 is 0 Å². The molecule has 48 heavy (non-hydrogen) atoms. The van der Waals surface area contributed by atoms with Crippen molar-refractivity contribution in [3.63, 3.8) is 0 Å². The van der Waals surface area contributed by atoms with Crippen molar-refractivity contribution in [1.29, 1.82) is 0 Å². The van der Waals surface area contributed by atoms with Crippen LogP contribution in [0.5, 0.6) is 0 Å². The maximum absolute atomic E-state index is 5.51. The van der Waals surface area contributed by atoms with Crippen LogP contribution in [0.15, 0.2) is 134 Å². The van der Waals surface area contributed by atoms with Gasteiger partial charge >= 0.3 is 0 Å². The number of rotatable bonds is 4. The predicted molar refractivity (Wildman–Crippen MR) is 209 cm³/mol. The zero-order valence-electron chi connectivity index (χ0n) is 26.1. The van der Waals surface area contributed by atoms with Crippen molar-refractivity contribution in [2.45, 2.75) is 6.92 Å². The summed E-state index contributed by atoms with van der Waals surface area (Å²) in [6, 6.07) is 41.2. The second-order valence-electron chi connectivity index (χ2n) is 12.2. The van der Waals surface area contributed by atoms with Crippen molar-refractivity contribution in [3.05, 3.63) is 145 Å². The Labute approximate surface area is 284 Å². The Morgan fingerprint density at radius 3 is 2.08 bits per heavy atom. The molecule has 0 saturated heterocycles. The van der Waals surface area contributed by atoms with Crippen molar-refractivity contribution in [1.82, 2.24) is 14.5 Å². The van der Waals surface area contributed by atoms with E-state index in [1.54, 1.807) is 11.3 Å². The third-order valence-electron chi connectivity index (χ3n) is 9.55. The molecule has 0 radical (unpaired) electrons. The van der Waals surface area contributed by atoms with Crippen LogP contribution in [0.1, 0.15) is 11.3 Å². The van der Waals surface area contributed by atoms with E-state index in [2.05, 4.69) is 139 Å². The van der Waals surface area contributed by atoms with Gasteiger partial charge in [-0.05, 0) is 46.7 Å². The molecule has 0 N–H and O–H groups in total. The first kappa shape index (κ1) is 27.5. The minimum atomic E-state index is 0.726. The van der Waals surface area contributed by atoms with Gasteiger partial charge in [-0.15, -0.1) is 22.7 Å². The first-order chi connectivity index (χ1) is 23.7. The second kappa shape index (κ2) is 10.4. The SMILES string of the molecule is C=C/C=C\c1c(C)n(-c2nc(-c3ccc4ccccc4c3)nc3c2sc2ccccc23)c2c3sc4ccccc4c3c3ccccc3c12. The highest BCUT2D eigenvalue weighted by Crippen LogP contribution is 2.48. The molecule has 0 bridgehead atoms. The quantitative estimate of drug-likeness (QED) is 0.178. The van der Waals surface area contributed by atoms with Crippen molar-refractivity contribution in [3.8, 4) is 17.2 Å². The molecule has 0 aliphatic heterocycles. The fourth-order valence-electron chi connectivity index (χ4n) is 7.41. The zero-order chi connectivity index (χ0) is 31.9. The monoisotopic (exact) mass is 649 g/mol. The molecule has 0 aliphatic rings. The maximum atomic E-state index is 5.51. The summed E-state index contributed by atoms with van der Waals surface area (Å²) in [6.45, 7) is 6.24. The molecule has 0 unspecified atom stereocenters. The number of allylic oxidation sites excluding steroid dienone is 2. The smallest absolute Gasteiger partial charge is 0.162 e.